The lowest BCUT2D eigenvalue weighted by molar-refractivity contribution is 0.244. The minimum absolute atomic E-state index is 0.0472. The van der Waals surface area contributed by atoms with Gasteiger partial charge >= 0.3 is 5.63 Å². The highest BCUT2D eigenvalue weighted by Crippen LogP contribution is 2.24. The van der Waals surface area contributed by atoms with E-state index in [1.54, 1.807) is 36.7 Å². The van der Waals surface area contributed by atoms with Crippen LogP contribution in [0, 0.1) is 0 Å². The van der Waals surface area contributed by atoms with Crippen LogP contribution in [0.15, 0.2) is 68.6 Å². The average molecular weight is 321 g/mol. The van der Waals surface area contributed by atoms with Gasteiger partial charge in [0.2, 0.25) is 5.82 Å². The molecule has 0 atom stereocenters. The van der Waals surface area contributed by atoms with Gasteiger partial charge in [0.05, 0.1) is 11.5 Å². The van der Waals surface area contributed by atoms with E-state index in [4.69, 9.17) is 13.7 Å². The Morgan fingerprint density at radius 1 is 1.08 bits per heavy atom. The third-order valence-electron chi connectivity index (χ3n) is 3.37. The first-order valence-electron chi connectivity index (χ1n) is 7.18. The summed E-state index contributed by atoms with van der Waals surface area (Å²) in [6, 6.07) is 12.0. The van der Waals surface area contributed by atoms with Crippen molar-refractivity contribution in [1.29, 1.82) is 0 Å². The molecule has 0 N–H and O–H groups in total. The fourth-order valence-electron chi connectivity index (χ4n) is 2.27. The summed E-state index contributed by atoms with van der Waals surface area (Å²) in [4.78, 5) is 19.8. The number of aromatic nitrogens is 3. The molecule has 4 aromatic rings. The van der Waals surface area contributed by atoms with Crippen molar-refractivity contribution in [3.05, 3.63) is 71.2 Å². The molecule has 1 aromatic carbocycles. The van der Waals surface area contributed by atoms with Gasteiger partial charge in [-0.2, -0.15) is 4.98 Å². The van der Waals surface area contributed by atoms with Crippen molar-refractivity contribution < 1.29 is 13.7 Å². The van der Waals surface area contributed by atoms with Gasteiger partial charge in [-0.3, -0.25) is 4.98 Å². The number of hydrogen-bond donors (Lipinski definition) is 0. The number of pyridine rings is 1. The number of ether oxygens (including phenoxy) is 1. The van der Waals surface area contributed by atoms with E-state index in [1.807, 2.05) is 12.1 Å². The van der Waals surface area contributed by atoms with E-state index in [0.29, 0.717) is 28.4 Å². The number of rotatable bonds is 4. The van der Waals surface area contributed by atoms with Crippen LogP contribution in [0.4, 0.5) is 0 Å². The van der Waals surface area contributed by atoms with E-state index >= 15 is 0 Å². The van der Waals surface area contributed by atoms with Crippen LogP contribution < -0.4 is 10.4 Å². The van der Waals surface area contributed by atoms with Crippen molar-refractivity contribution in [2.45, 2.75) is 6.61 Å². The minimum atomic E-state index is -0.480. The zero-order valence-electron chi connectivity index (χ0n) is 12.4. The van der Waals surface area contributed by atoms with E-state index in [9.17, 15) is 4.79 Å². The Labute approximate surface area is 135 Å². The van der Waals surface area contributed by atoms with Crippen LogP contribution in [0.2, 0.25) is 0 Å². The predicted molar refractivity (Wildman–Crippen MR) is 84.3 cm³/mol. The topological polar surface area (TPSA) is 91.2 Å². The first-order chi connectivity index (χ1) is 11.8. The third kappa shape index (κ3) is 2.74. The number of fused-ring (bicyclic) bond motifs is 1. The zero-order valence-corrected chi connectivity index (χ0v) is 12.4. The summed E-state index contributed by atoms with van der Waals surface area (Å²) in [7, 11) is 0. The highest BCUT2D eigenvalue weighted by Gasteiger charge is 2.11. The van der Waals surface area contributed by atoms with Gasteiger partial charge in [0.15, 0.2) is 6.61 Å². The molecule has 0 unspecified atom stereocenters. The normalized spacial score (nSPS) is 10.8. The maximum absolute atomic E-state index is 11.6. The van der Waals surface area contributed by atoms with E-state index in [0.717, 1.165) is 5.56 Å². The van der Waals surface area contributed by atoms with Gasteiger partial charge in [-0.1, -0.05) is 17.3 Å². The summed E-state index contributed by atoms with van der Waals surface area (Å²) in [5.41, 5.74) is 0.778. The van der Waals surface area contributed by atoms with Crippen molar-refractivity contribution in [3.63, 3.8) is 0 Å². The quantitative estimate of drug-likeness (QED) is 0.534. The Balaban J connectivity index is 1.58. The molecule has 0 saturated heterocycles. The molecular weight excluding hydrogens is 310 g/mol. The van der Waals surface area contributed by atoms with Gasteiger partial charge in [-0.05, 0) is 24.3 Å². The molecule has 0 radical (unpaired) electrons. The summed E-state index contributed by atoms with van der Waals surface area (Å²) in [5, 5.41) is 4.60. The van der Waals surface area contributed by atoms with Gasteiger partial charge in [0.1, 0.15) is 11.3 Å². The number of benzene rings is 1. The standard InChI is InChI=1S/C17H11N3O4/c21-16-9-14(12-3-1-2-4-13(12)23-16)22-10-15-19-17(20-24-15)11-5-7-18-8-6-11/h1-9H,10H2. The summed E-state index contributed by atoms with van der Waals surface area (Å²) < 4.78 is 16.0. The molecule has 0 spiro atoms. The fraction of sp³-hybridized carbons (Fsp3) is 0.0588. The molecule has 0 fully saturated rings. The lowest BCUT2D eigenvalue weighted by Gasteiger charge is -2.05. The van der Waals surface area contributed by atoms with E-state index in [2.05, 4.69) is 15.1 Å². The Hall–Kier alpha value is -3.48. The van der Waals surface area contributed by atoms with E-state index in [1.165, 1.54) is 6.07 Å². The SMILES string of the molecule is O=c1cc(OCc2nc(-c3ccncc3)no2)c2ccccc2o1. The van der Waals surface area contributed by atoms with Crippen molar-refractivity contribution in [2.75, 3.05) is 0 Å². The first-order valence-corrected chi connectivity index (χ1v) is 7.18. The maximum atomic E-state index is 11.6. The van der Waals surface area contributed by atoms with Crippen LogP contribution in [-0.2, 0) is 6.61 Å². The Morgan fingerprint density at radius 2 is 1.92 bits per heavy atom. The van der Waals surface area contributed by atoms with Crippen LogP contribution in [0.25, 0.3) is 22.4 Å². The first kappa shape index (κ1) is 14.1. The monoisotopic (exact) mass is 321 g/mol. The van der Waals surface area contributed by atoms with Crippen LogP contribution in [0.1, 0.15) is 5.89 Å². The van der Waals surface area contributed by atoms with Crippen molar-refractivity contribution in [3.8, 4) is 17.1 Å². The summed E-state index contributed by atoms with van der Waals surface area (Å²) in [6.07, 6.45) is 3.30. The molecule has 118 valence electrons. The Bertz CT molecular complexity index is 1040. The fourth-order valence-corrected chi connectivity index (χ4v) is 2.27. The number of para-hydroxylation sites is 1. The van der Waals surface area contributed by atoms with Gasteiger partial charge < -0.3 is 13.7 Å². The molecule has 0 aliphatic heterocycles. The molecular formula is C17H11N3O4. The number of nitrogens with zero attached hydrogens (tertiary/aromatic N) is 3. The molecule has 0 saturated carbocycles. The van der Waals surface area contributed by atoms with Crippen LogP contribution in [0.5, 0.6) is 5.75 Å². The maximum Gasteiger partial charge on any atom is 0.339 e. The average Bonchev–Trinajstić information content (AvgIpc) is 3.09. The molecule has 4 rings (SSSR count). The summed E-state index contributed by atoms with van der Waals surface area (Å²) in [6.45, 7) is 0.0472. The molecule has 0 aliphatic carbocycles. The summed E-state index contributed by atoms with van der Waals surface area (Å²) in [5.74, 6) is 1.16. The van der Waals surface area contributed by atoms with Gasteiger partial charge in [-0.25, -0.2) is 4.79 Å². The van der Waals surface area contributed by atoms with Crippen molar-refractivity contribution in [2.24, 2.45) is 0 Å². The van der Waals surface area contributed by atoms with Crippen molar-refractivity contribution >= 4 is 11.0 Å². The van der Waals surface area contributed by atoms with Crippen LogP contribution >= 0.6 is 0 Å². The van der Waals surface area contributed by atoms with Gasteiger partial charge in [-0.15, -0.1) is 0 Å². The zero-order chi connectivity index (χ0) is 16.4. The Morgan fingerprint density at radius 3 is 2.79 bits per heavy atom. The molecule has 0 aliphatic rings. The van der Waals surface area contributed by atoms with E-state index in [-0.39, 0.29) is 6.61 Å². The summed E-state index contributed by atoms with van der Waals surface area (Å²) >= 11 is 0. The lowest BCUT2D eigenvalue weighted by atomic mass is 10.2. The molecule has 7 nitrogen and oxygen atoms in total. The molecule has 3 aromatic heterocycles. The van der Waals surface area contributed by atoms with Crippen LogP contribution in [-0.4, -0.2) is 15.1 Å². The third-order valence-corrected chi connectivity index (χ3v) is 3.37. The second-order valence-electron chi connectivity index (χ2n) is 4.96. The van der Waals surface area contributed by atoms with Gasteiger partial charge in [0, 0.05) is 18.0 Å². The van der Waals surface area contributed by atoms with E-state index < -0.39 is 5.63 Å². The predicted octanol–water partition coefficient (Wildman–Crippen LogP) is 2.82. The molecule has 0 amide bonds. The highest BCUT2D eigenvalue weighted by molar-refractivity contribution is 5.82. The minimum Gasteiger partial charge on any atom is -0.483 e. The Kier molecular flexibility index (Phi) is 3.51. The second kappa shape index (κ2) is 5.96. The van der Waals surface area contributed by atoms with Crippen molar-refractivity contribution in [1.82, 2.24) is 15.1 Å². The largest absolute Gasteiger partial charge is 0.483 e. The number of hydrogen-bond acceptors (Lipinski definition) is 7. The molecule has 0 bridgehead atoms. The lowest BCUT2D eigenvalue weighted by Crippen LogP contribution is -2.02. The smallest absolute Gasteiger partial charge is 0.339 e. The molecule has 24 heavy (non-hydrogen) atoms. The second-order valence-corrected chi connectivity index (χ2v) is 4.96. The highest BCUT2D eigenvalue weighted by atomic mass is 16.5. The van der Waals surface area contributed by atoms with Gasteiger partial charge in [0.25, 0.3) is 5.89 Å². The van der Waals surface area contributed by atoms with Crippen LogP contribution in [0.3, 0.4) is 0 Å². The molecule has 7 heteroatoms. The molecule has 3 heterocycles.